The molecule has 0 bridgehead atoms. The zero-order valence-corrected chi connectivity index (χ0v) is 7.20. The molecule has 12 heavy (non-hydrogen) atoms. The van der Waals surface area contributed by atoms with Gasteiger partial charge >= 0.3 is 0 Å². The first-order chi connectivity index (χ1) is 5.72. The highest BCUT2D eigenvalue weighted by Crippen LogP contribution is 2.04. The van der Waals surface area contributed by atoms with Crippen molar-refractivity contribution in [2.75, 3.05) is 0 Å². The summed E-state index contributed by atoms with van der Waals surface area (Å²) in [6.07, 6.45) is 2.33. The summed E-state index contributed by atoms with van der Waals surface area (Å²) in [4.78, 5) is 17.1. The summed E-state index contributed by atoms with van der Waals surface area (Å²) in [5.41, 5.74) is -0.191. The molecule has 0 saturated carbocycles. The van der Waals surface area contributed by atoms with Gasteiger partial charge in [-0.05, 0) is 13.3 Å². The molecule has 1 heterocycles. The average molecular weight is 168 g/mol. The van der Waals surface area contributed by atoms with Gasteiger partial charge in [-0.3, -0.25) is 4.79 Å². The van der Waals surface area contributed by atoms with E-state index in [1.807, 2.05) is 13.8 Å². The molecule has 4 nitrogen and oxygen atoms in total. The molecule has 0 aliphatic heterocycles. The Bertz CT molecular complexity index is 295. The predicted octanol–water partition coefficient (Wildman–Crippen LogP) is 0.947. The van der Waals surface area contributed by atoms with Crippen molar-refractivity contribution < 1.29 is 4.74 Å². The van der Waals surface area contributed by atoms with Crippen molar-refractivity contribution in [1.82, 2.24) is 9.97 Å². The first-order valence-electron chi connectivity index (χ1n) is 3.93. The van der Waals surface area contributed by atoms with Crippen molar-refractivity contribution in [1.29, 1.82) is 0 Å². The van der Waals surface area contributed by atoms with Crippen LogP contribution in [0.4, 0.5) is 0 Å². The number of hydrogen-bond donors (Lipinski definition) is 1. The number of hydrogen-bond acceptors (Lipinski definition) is 3. The zero-order chi connectivity index (χ0) is 8.97. The minimum Gasteiger partial charge on any atom is -0.474 e. The fourth-order valence-corrected chi connectivity index (χ4v) is 0.705. The van der Waals surface area contributed by atoms with Gasteiger partial charge in [-0.1, -0.05) is 6.92 Å². The molecule has 0 amide bonds. The van der Waals surface area contributed by atoms with Crippen LogP contribution in [0.15, 0.2) is 17.2 Å². The topological polar surface area (TPSA) is 55.0 Å². The van der Waals surface area contributed by atoms with Crippen molar-refractivity contribution in [3.8, 4) is 5.88 Å². The van der Waals surface area contributed by atoms with Crippen LogP contribution in [0.25, 0.3) is 0 Å². The van der Waals surface area contributed by atoms with Crippen LogP contribution in [-0.4, -0.2) is 16.1 Å². The highest BCUT2D eigenvalue weighted by atomic mass is 16.5. The molecule has 1 aromatic rings. The van der Waals surface area contributed by atoms with Crippen LogP contribution in [0.1, 0.15) is 20.3 Å². The van der Waals surface area contributed by atoms with Gasteiger partial charge in [0.15, 0.2) is 0 Å². The van der Waals surface area contributed by atoms with E-state index in [4.69, 9.17) is 4.74 Å². The van der Waals surface area contributed by atoms with Gasteiger partial charge in [0.25, 0.3) is 5.56 Å². The Kier molecular flexibility index (Phi) is 2.85. The molecule has 1 unspecified atom stereocenters. The maximum Gasteiger partial charge on any atom is 0.254 e. The second-order valence-electron chi connectivity index (χ2n) is 2.59. The highest BCUT2D eigenvalue weighted by molar-refractivity contribution is 5.05. The lowest BCUT2D eigenvalue weighted by Crippen LogP contribution is -2.13. The van der Waals surface area contributed by atoms with Crippen LogP contribution >= 0.6 is 0 Å². The first-order valence-corrected chi connectivity index (χ1v) is 3.93. The van der Waals surface area contributed by atoms with E-state index in [1.54, 1.807) is 0 Å². The predicted molar refractivity (Wildman–Crippen MR) is 45.2 cm³/mol. The molecule has 0 fully saturated rings. The largest absolute Gasteiger partial charge is 0.474 e. The minimum absolute atomic E-state index is 0.0966. The van der Waals surface area contributed by atoms with E-state index >= 15 is 0 Å². The van der Waals surface area contributed by atoms with Gasteiger partial charge < -0.3 is 9.72 Å². The van der Waals surface area contributed by atoms with Gasteiger partial charge in [0, 0.05) is 0 Å². The van der Waals surface area contributed by atoms with E-state index in [2.05, 4.69) is 9.97 Å². The van der Waals surface area contributed by atoms with E-state index in [0.717, 1.165) is 6.42 Å². The summed E-state index contributed by atoms with van der Waals surface area (Å²) in [5.74, 6) is 0.383. The van der Waals surface area contributed by atoms with Crippen molar-refractivity contribution in [2.24, 2.45) is 0 Å². The second kappa shape index (κ2) is 3.90. The first kappa shape index (κ1) is 8.77. The minimum atomic E-state index is -0.191. The SMILES string of the molecule is CCC(C)Oc1cc(=O)[nH]cn1. The number of nitrogens with one attached hydrogen (secondary N) is 1. The molecule has 0 aromatic carbocycles. The maximum absolute atomic E-state index is 10.8. The van der Waals surface area contributed by atoms with E-state index in [0.29, 0.717) is 5.88 Å². The van der Waals surface area contributed by atoms with Gasteiger partial charge in [-0.25, -0.2) is 4.98 Å². The van der Waals surface area contributed by atoms with E-state index in [1.165, 1.54) is 12.4 Å². The Labute approximate surface area is 70.6 Å². The molecule has 0 radical (unpaired) electrons. The summed E-state index contributed by atoms with van der Waals surface area (Å²) in [5, 5.41) is 0. The third-order valence-electron chi connectivity index (χ3n) is 1.55. The summed E-state index contributed by atoms with van der Waals surface area (Å²) in [7, 11) is 0. The lowest BCUT2D eigenvalue weighted by atomic mass is 10.3. The van der Waals surface area contributed by atoms with E-state index < -0.39 is 0 Å². The number of ether oxygens (including phenoxy) is 1. The van der Waals surface area contributed by atoms with Crippen LogP contribution in [0, 0.1) is 0 Å². The molecule has 0 saturated heterocycles. The van der Waals surface area contributed by atoms with Crippen molar-refractivity contribution in [3.05, 3.63) is 22.7 Å². The summed E-state index contributed by atoms with van der Waals surface area (Å²) < 4.78 is 5.31. The van der Waals surface area contributed by atoms with Gasteiger partial charge in [0.1, 0.15) is 0 Å². The van der Waals surface area contributed by atoms with Gasteiger partial charge in [0.05, 0.1) is 18.5 Å². The lowest BCUT2D eigenvalue weighted by Gasteiger charge is -2.09. The number of aromatic nitrogens is 2. The van der Waals surface area contributed by atoms with Crippen LogP contribution in [0.3, 0.4) is 0 Å². The number of nitrogens with zero attached hydrogens (tertiary/aromatic N) is 1. The standard InChI is InChI=1S/C8H12N2O2/c1-3-6(2)12-8-4-7(11)9-5-10-8/h4-6H,3H2,1-2H3,(H,9,10,11). The van der Waals surface area contributed by atoms with Crippen LogP contribution < -0.4 is 10.3 Å². The van der Waals surface area contributed by atoms with Crippen molar-refractivity contribution in [2.45, 2.75) is 26.4 Å². The van der Waals surface area contributed by atoms with Crippen LogP contribution in [0.5, 0.6) is 5.88 Å². The quantitative estimate of drug-likeness (QED) is 0.731. The van der Waals surface area contributed by atoms with E-state index in [-0.39, 0.29) is 11.7 Å². The maximum atomic E-state index is 10.8. The number of aromatic amines is 1. The summed E-state index contributed by atoms with van der Waals surface area (Å²) >= 11 is 0. The lowest BCUT2D eigenvalue weighted by molar-refractivity contribution is 0.208. The Hall–Kier alpha value is -1.32. The average Bonchev–Trinajstić information content (AvgIpc) is 2.04. The molecular weight excluding hydrogens is 156 g/mol. The number of rotatable bonds is 3. The molecule has 0 aliphatic rings. The third-order valence-corrected chi connectivity index (χ3v) is 1.55. The highest BCUT2D eigenvalue weighted by Gasteiger charge is 2.01. The monoisotopic (exact) mass is 168 g/mol. The van der Waals surface area contributed by atoms with Gasteiger partial charge in [-0.15, -0.1) is 0 Å². The van der Waals surface area contributed by atoms with Crippen molar-refractivity contribution in [3.63, 3.8) is 0 Å². The third kappa shape index (κ3) is 2.38. The molecular formula is C8H12N2O2. The number of H-pyrrole nitrogens is 1. The molecule has 0 spiro atoms. The molecule has 1 rings (SSSR count). The molecule has 66 valence electrons. The van der Waals surface area contributed by atoms with E-state index in [9.17, 15) is 4.79 Å². The van der Waals surface area contributed by atoms with Crippen LogP contribution in [0.2, 0.25) is 0 Å². The smallest absolute Gasteiger partial charge is 0.254 e. The zero-order valence-electron chi connectivity index (χ0n) is 7.20. The van der Waals surface area contributed by atoms with Gasteiger partial charge in [-0.2, -0.15) is 0 Å². The second-order valence-corrected chi connectivity index (χ2v) is 2.59. The fourth-order valence-electron chi connectivity index (χ4n) is 0.705. The molecule has 1 N–H and O–H groups in total. The Morgan fingerprint density at radius 1 is 1.75 bits per heavy atom. The normalized spacial score (nSPS) is 12.5. The van der Waals surface area contributed by atoms with Crippen LogP contribution in [-0.2, 0) is 0 Å². The molecule has 0 aliphatic carbocycles. The molecule has 4 heteroatoms. The molecule has 1 atom stereocenters. The Balaban J connectivity index is 2.69. The van der Waals surface area contributed by atoms with Crippen molar-refractivity contribution >= 4 is 0 Å². The Morgan fingerprint density at radius 3 is 3.08 bits per heavy atom. The van der Waals surface area contributed by atoms with Gasteiger partial charge in [0.2, 0.25) is 5.88 Å². The Morgan fingerprint density at radius 2 is 2.50 bits per heavy atom. The molecule has 1 aromatic heterocycles. The summed E-state index contributed by atoms with van der Waals surface area (Å²) in [6, 6.07) is 1.34. The fraction of sp³-hybridized carbons (Fsp3) is 0.500. The summed E-state index contributed by atoms with van der Waals surface area (Å²) in [6.45, 7) is 3.95.